The van der Waals surface area contributed by atoms with E-state index < -0.39 is 30.0 Å². The second-order valence-electron chi connectivity index (χ2n) is 7.53. The van der Waals surface area contributed by atoms with Crippen LogP contribution in [-0.2, 0) is 23.9 Å². The molecule has 3 N–H and O–H groups in total. The van der Waals surface area contributed by atoms with Gasteiger partial charge in [0.15, 0.2) is 0 Å². The zero-order chi connectivity index (χ0) is 22.1. The number of ether oxygens (including phenoxy) is 1. The lowest BCUT2D eigenvalue weighted by Crippen LogP contribution is -2.61. The average molecular weight is 431 g/mol. The molecule has 1 rings (SSSR count). The molecule has 1 heterocycles. The predicted molar refractivity (Wildman–Crippen MR) is 112 cm³/mol. The van der Waals surface area contributed by atoms with Crippen LogP contribution in [0.4, 0.5) is 0 Å². The van der Waals surface area contributed by atoms with E-state index >= 15 is 0 Å². The Balaban J connectivity index is 3.02. The number of carbonyl (C=O) groups is 4. The molecule has 1 fully saturated rings. The molecule has 0 aliphatic carbocycles. The molecule has 29 heavy (non-hydrogen) atoms. The van der Waals surface area contributed by atoms with Gasteiger partial charge >= 0.3 is 5.97 Å². The van der Waals surface area contributed by atoms with Crippen LogP contribution in [-0.4, -0.2) is 85.5 Å². The van der Waals surface area contributed by atoms with Gasteiger partial charge in [-0.25, -0.2) is 4.79 Å². The number of nitrogens with zero attached hydrogens (tertiary/aromatic N) is 1. The summed E-state index contributed by atoms with van der Waals surface area (Å²) in [4.78, 5) is 51.4. The largest absolute Gasteiger partial charge is 0.467 e. The molecule has 3 amide bonds. The van der Waals surface area contributed by atoms with E-state index in [-0.39, 0.29) is 23.8 Å². The van der Waals surface area contributed by atoms with Crippen LogP contribution in [0.3, 0.4) is 0 Å². The fourth-order valence-electron chi connectivity index (χ4n) is 3.26. The number of rotatable bonds is 9. The maximum Gasteiger partial charge on any atom is 0.328 e. The first kappa shape index (κ1) is 25.2. The van der Waals surface area contributed by atoms with Crippen molar-refractivity contribution in [3.63, 3.8) is 0 Å². The molecule has 0 bridgehead atoms. The Morgan fingerprint density at radius 1 is 1.21 bits per heavy atom. The smallest absolute Gasteiger partial charge is 0.328 e. The fraction of sp³-hybridized carbons (Fsp3) is 0.789. The van der Waals surface area contributed by atoms with Crippen LogP contribution in [0.2, 0.25) is 0 Å². The number of methoxy groups -OCH3 is 1. The van der Waals surface area contributed by atoms with Gasteiger partial charge in [-0.3, -0.25) is 14.4 Å². The fourth-order valence-corrected chi connectivity index (χ4v) is 3.60. The van der Waals surface area contributed by atoms with E-state index in [0.29, 0.717) is 25.1 Å². The van der Waals surface area contributed by atoms with E-state index in [9.17, 15) is 19.2 Å². The van der Waals surface area contributed by atoms with Gasteiger partial charge in [0, 0.05) is 12.6 Å². The summed E-state index contributed by atoms with van der Waals surface area (Å²) in [5, 5.41) is 8.56. The molecule has 0 saturated carbocycles. The number of esters is 1. The Morgan fingerprint density at radius 2 is 1.86 bits per heavy atom. The summed E-state index contributed by atoms with van der Waals surface area (Å²) in [6, 6.07) is -2.25. The Labute approximate surface area is 177 Å². The Hall–Kier alpha value is -1.81. The van der Waals surface area contributed by atoms with E-state index in [1.165, 1.54) is 23.8 Å². The summed E-state index contributed by atoms with van der Waals surface area (Å²) in [6.45, 7) is 5.69. The molecule has 4 unspecified atom stereocenters. The van der Waals surface area contributed by atoms with Crippen LogP contribution in [0.25, 0.3) is 0 Å². The van der Waals surface area contributed by atoms with Crippen LogP contribution in [0.1, 0.15) is 33.6 Å². The molecule has 1 aliphatic heterocycles. The van der Waals surface area contributed by atoms with E-state index in [4.69, 9.17) is 4.74 Å². The molecule has 0 aromatic rings. The highest BCUT2D eigenvalue weighted by atomic mass is 32.2. The first-order chi connectivity index (χ1) is 13.7. The van der Waals surface area contributed by atoms with Gasteiger partial charge < -0.3 is 25.6 Å². The average Bonchev–Trinajstić information content (AvgIpc) is 2.69. The number of thioether (sulfide) groups is 1. The van der Waals surface area contributed by atoms with Crippen molar-refractivity contribution < 1.29 is 23.9 Å². The molecular weight excluding hydrogens is 396 g/mol. The van der Waals surface area contributed by atoms with Crippen molar-refractivity contribution in [1.29, 1.82) is 0 Å². The van der Waals surface area contributed by atoms with Crippen LogP contribution in [0.15, 0.2) is 0 Å². The van der Waals surface area contributed by atoms with Crippen LogP contribution in [0, 0.1) is 5.92 Å². The van der Waals surface area contributed by atoms with E-state index in [1.807, 2.05) is 6.26 Å². The number of likely N-dealkylation sites (N-methyl/N-ethyl adjacent to an activating group) is 1. The zero-order valence-corrected chi connectivity index (χ0v) is 18.9. The summed E-state index contributed by atoms with van der Waals surface area (Å²) in [7, 11) is 2.95. The molecular formula is C19H34N4O5S. The predicted octanol–water partition coefficient (Wildman–Crippen LogP) is -0.253. The minimum absolute atomic E-state index is 0.0976. The molecule has 0 aromatic heterocycles. The van der Waals surface area contributed by atoms with Gasteiger partial charge in [0.1, 0.15) is 12.1 Å². The lowest BCUT2D eigenvalue weighted by molar-refractivity contribution is -0.149. The third kappa shape index (κ3) is 7.18. The first-order valence-corrected chi connectivity index (χ1v) is 11.2. The van der Waals surface area contributed by atoms with Crippen molar-refractivity contribution in [2.75, 3.05) is 32.7 Å². The van der Waals surface area contributed by atoms with Crippen molar-refractivity contribution in [2.24, 2.45) is 5.92 Å². The third-order valence-electron chi connectivity index (χ3n) is 5.05. The normalized spacial score (nSPS) is 21.3. The van der Waals surface area contributed by atoms with Gasteiger partial charge in [-0.2, -0.15) is 11.8 Å². The zero-order valence-electron chi connectivity index (χ0n) is 18.1. The monoisotopic (exact) mass is 430 g/mol. The van der Waals surface area contributed by atoms with Gasteiger partial charge in [-0.1, -0.05) is 13.8 Å². The highest BCUT2D eigenvalue weighted by molar-refractivity contribution is 7.99. The SMILES string of the molecule is CNC(C)C(=O)N1CCC(NC(=O)CSC)CC1C(=O)NC(C(=O)OC)C(C)C. The highest BCUT2D eigenvalue weighted by Crippen LogP contribution is 2.20. The molecule has 166 valence electrons. The van der Waals surface area contributed by atoms with Gasteiger partial charge in [0.05, 0.1) is 18.9 Å². The summed E-state index contributed by atoms with van der Waals surface area (Å²) < 4.78 is 4.79. The van der Waals surface area contributed by atoms with Crippen LogP contribution in [0.5, 0.6) is 0 Å². The summed E-state index contributed by atoms with van der Waals surface area (Å²) in [5.74, 6) is -1.08. The maximum absolute atomic E-state index is 13.1. The van der Waals surface area contributed by atoms with E-state index in [0.717, 1.165) is 0 Å². The topological polar surface area (TPSA) is 117 Å². The molecule has 10 heteroatoms. The molecule has 9 nitrogen and oxygen atoms in total. The number of hydrogen-bond donors (Lipinski definition) is 3. The lowest BCUT2D eigenvalue weighted by atomic mass is 9.94. The summed E-state index contributed by atoms with van der Waals surface area (Å²) in [5.41, 5.74) is 0. The minimum Gasteiger partial charge on any atom is -0.467 e. The number of carbonyl (C=O) groups excluding carboxylic acids is 4. The molecule has 0 radical (unpaired) electrons. The van der Waals surface area contributed by atoms with Crippen molar-refractivity contribution in [1.82, 2.24) is 20.9 Å². The van der Waals surface area contributed by atoms with E-state index in [1.54, 1.807) is 27.8 Å². The number of amides is 3. The number of likely N-dealkylation sites (tertiary alicyclic amines) is 1. The van der Waals surface area contributed by atoms with Gasteiger partial charge in [-0.15, -0.1) is 0 Å². The quantitative estimate of drug-likeness (QED) is 0.432. The van der Waals surface area contributed by atoms with E-state index in [2.05, 4.69) is 16.0 Å². The Morgan fingerprint density at radius 3 is 2.38 bits per heavy atom. The molecule has 0 spiro atoms. The number of piperidine rings is 1. The minimum atomic E-state index is -0.808. The van der Waals surface area contributed by atoms with Crippen molar-refractivity contribution in [3.05, 3.63) is 0 Å². The van der Waals surface area contributed by atoms with Gasteiger partial charge in [-0.05, 0) is 39.0 Å². The number of hydrogen-bond acceptors (Lipinski definition) is 7. The first-order valence-electron chi connectivity index (χ1n) is 9.80. The third-order valence-corrected chi connectivity index (χ3v) is 5.60. The standard InChI is InChI=1S/C19H34N4O5S/c1-11(2)16(19(27)28-5)22-17(25)14-9-13(21-15(24)10-29-6)7-8-23(14)18(26)12(3)20-4/h11-14,16,20H,7-10H2,1-6H3,(H,21,24)(H,22,25). The summed E-state index contributed by atoms with van der Waals surface area (Å²) >= 11 is 1.42. The van der Waals surface area contributed by atoms with Gasteiger partial charge in [0.2, 0.25) is 17.7 Å². The molecule has 1 saturated heterocycles. The lowest BCUT2D eigenvalue weighted by Gasteiger charge is -2.40. The van der Waals surface area contributed by atoms with Crippen molar-refractivity contribution in [3.8, 4) is 0 Å². The molecule has 4 atom stereocenters. The highest BCUT2D eigenvalue weighted by Gasteiger charge is 2.39. The number of nitrogens with one attached hydrogen (secondary N) is 3. The van der Waals surface area contributed by atoms with Crippen molar-refractivity contribution in [2.45, 2.75) is 57.8 Å². The molecule has 0 aromatic carbocycles. The Bertz CT molecular complexity index is 601. The van der Waals surface area contributed by atoms with Crippen LogP contribution >= 0.6 is 11.8 Å². The molecule has 1 aliphatic rings. The van der Waals surface area contributed by atoms with Gasteiger partial charge in [0.25, 0.3) is 0 Å². The second-order valence-corrected chi connectivity index (χ2v) is 8.40. The van der Waals surface area contributed by atoms with Crippen LogP contribution < -0.4 is 16.0 Å². The summed E-state index contributed by atoms with van der Waals surface area (Å²) in [6.07, 6.45) is 2.70. The second kappa shape index (κ2) is 12.0. The maximum atomic E-state index is 13.1. The van der Waals surface area contributed by atoms with Crippen molar-refractivity contribution >= 4 is 35.5 Å². The Kier molecular flexibility index (Phi) is 10.5.